The second-order valence-corrected chi connectivity index (χ2v) is 15.6. The highest BCUT2D eigenvalue weighted by atomic mass is 15.0. The van der Waals surface area contributed by atoms with Gasteiger partial charge in [-0.25, -0.2) is 0 Å². The lowest BCUT2D eigenvalue weighted by atomic mass is 9.70. The monoisotopic (exact) mass is 723 g/mol. The molecule has 9 aromatic carbocycles. The molecule has 2 aliphatic carbocycles. The third-order valence-corrected chi connectivity index (χ3v) is 12.8. The minimum absolute atomic E-state index is 0.0656. The fourth-order valence-corrected chi connectivity index (χ4v) is 10.4. The van der Waals surface area contributed by atoms with E-state index in [1.807, 2.05) is 0 Å². The molecular formula is C56H37N. The Morgan fingerprint density at radius 2 is 0.737 bits per heavy atom. The summed E-state index contributed by atoms with van der Waals surface area (Å²) in [5.41, 5.74) is 20.4. The Morgan fingerprint density at radius 1 is 0.316 bits per heavy atom. The Kier molecular flexibility index (Phi) is 6.97. The van der Waals surface area contributed by atoms with Gasteiger partial charge in [0.25, 0.3) is 0 Å². The normalized spacial score (nSPS) is 13.7. The van der Waals surface area contributed by atoms with Gasteiger partial charge in [0.2, 0.25) is 0 Å². The molecule has 0 aliphatic heterocycles. The number of fused-ring (bicyclic) bond motifs is 13. The van der Waals surface area contributed by atoms with Crippen molar-refractivity contribution in [2.24, 2.45) is 0 Å². The number of benzene rings is 9. The molecule has 266 valence electrons. The average molecular weight is 724 g/mol. The molecule has 0 amide bonds. The van der Waals surface area contributed by atoms with E-state index in [4.69, 9.17) is 0 Å². The molecule has 1 spiro atoms. The molecule has 1 aromatic heterocycles. The first-order valence-corrected chi connectivity index (χ1v) is 20.0. The third kappa shape index (κ3) is 4.57. The van der Waals surface area contributed by atoms with Crippen molar-refractivity contribution in [1.29, 1.82) is 0 Å². The molecule has 57 heavy (non-hydrogen) atoms. The molecule has 1 atom stereocenters. The quantitative estimate of drug-likeness (QED) is 0.156. The lowest BCUT2D eigenvalue weighted by Gasteiger charge is -2.31. The summed E-state index contributed by atoms with van der Waals surface area (Å²) in [5.74, 6) is 0.0656. The van der Waals surface area contributed by atoms with E-state index in [1.54, 1.807) is 0 Å². The number of hydrogen-bond acceptors (Lipinski definition) is 0. The van der Waals surface area contributed by atoms with Gasteiger partial charge in [-0.3, -0.25) is 0 Å². The number of nitrogens with zero attached hydrogens (tertiary/aromatic N) is 1. The summed E-state index contributed by atoms with van der Waals surface area (Å²) in [6.45, 7) is 0. The lowest BCUT2D eigenvalue weighted by molar-refractivity contribution is 0.789. The maximum Gasteiger partial charge on any atom is 0.0725 e. The lowest BCUT2D eigenvalue weighted by Crippen LogP contribution is -2.26. The van der Waals surface area contributed by atoms with Crippen LogP contribution in [-0.4, -0.2) is 4.57 Å². The Labute approximate surface area is 332 Å². The van der Waals surface area contributed by atoms with Gasteiger partial charge < -0.3 is 4.57 Å². The van der Waals surface area contributed by atoms with Gasteiger partial charge in [-0.05, 0) is 96.6 Å². The average Bonchev–Trinajstić information content (AvgIpc) is 3.89. The Morgan fingerprint density at radius 3 is 1.30 bits per heavy atom. The van der Waals surface area contributed by atoms with Crippen molar-refractivity contribution in [2.75, 3.05) is 0 Å². The van der Waals surface area contributed by atoms with Gasteiger partial charge >= 0.3 is 0 Å². The van der Waals surface area contributed by atoms with E-state index in [0.717, 1.165) is 0 Å². The van der Waals surface area contributed by atoms with E-state index in [1.165, 1.54) is 99.8 Å². The smallest absolute Gasteiger partial charge is 0.0725 e. The van der Waals surface area contributed by atoms with Crippen molar-refractivity contribution in [3.63, 3.8) is 0 Å². The molecule has 12 rings (SSSR count). The number of aromatic nitrogens is 1. The van der Waals surface area contributed by atoms with Crippen molar-refractivity contribution in [2.45, 2.75) is 11.3 Å². The number of rotatable bonds is 5. The van der Waals surface area contributed by atoms with Crippen molar-refractivity contribution in [3.8, 4) is 39.1 Å². The summed E-state index contributed by atoms with van der Waals surface area (Å²) < 4.78 is 2.38. The van der Waals surface area contributed by atoms with Crippen LogP contribution in [-0.2, 0) is 5.41 Å². The van der Waals surface area contributed by atoms with Gasteiger partial charge in [0.05, 0.1) is 16.4 Å². The van der Waals surface area contributed by atoms with Crippen molar-refractivity contribution < 1.29 is 0 Å². The summed E-state index contributed by atoms with van der Waals surface area (Å²) in [5, 5.41) is 2.56. The first-order chi connectivity index (χ1) is 28.3. The Balaban J connectivity index is 0.965. The predicted octanol–water partition coefficient (Wildman–Crippen LogP) is 14.0. The zero-order valence-corrected chi connectivity index (χ0v) is 31.3. The maximum absolute atomic E-state index is 2.53. The minimum atomic E-state index is -0.369. The molecule has 0 fully saturated rings. The summed E-state index contributed by atoms with van der Waals surface area (Å²) >= 11 is 0. The van der Waals surface area contributed by atoms with Crippen LogP contribution in [0.15, 0.2) is 218 Å². The zero-order valence-electron chi connectivity index (χ0n) is 31.3. The molecule has 0 bridgehead atoms. The topological polar surface area (TPSA) is 4.93 Å². The van der Waals surface area contributed by atoms with E-state index < -0.39 is 0 Å². The molecule has 2 aliphatic rings. The second-order valence-electron chi connectivity index (χ2n) is 15.6. The van der Waals surface area contributed by atoms with E-state index in [-0.39, 0.29) is 11.3 Å². The van der Waals surface area contributed by atoms with Crippen molar-refractivity contribution in [3.05, 3.63) is 257 Å². The molecule has 0 radical (unpaired) electrons. The first kappa shape index (κ1) is 32.1. The summed E-state index contributed by atoms with van der Waals surface area (Å²) in [4.78, 5) is 0. The highest BCUT2D eigenvalue weighted by Gasteiger charge is 2.51. The van der Waals surface area contributed by atoms with E-state index >= 15 is 0 Å². The SMILES string of the molecule is c1ccc(C(c2ccc(-c3ccc(-n4c5ccccc5c5ccccc54)cc3)cc2)c2ccc3c(c2)C2(c4ccccc4-c4ccccc42)c2ccccc2-3)cc1. The van der Waals surface area contributed by atoms with Crippen LogP contribution in [0.2, 0.25) is 0 Å². The van der Waals surface area contributed by atoms with Gasteiger partial charge in [0.1, 0.15) is 0 Å². The van der Waals surface area contributed by atoms with E-state index in [2.05, 4.69) is 223 Å². The number of hydrogen-bond donors (Lipinski definition) is 0. The van der Waals surface area contributed by atoms with Gasteiger partial charge in [-0.1, -0.05) is 194 Å². The third-order valence-electron chi connectivity index (χ3n) is 12.8. The fourth-order valence-electron chi connectivity index (χ4n) is 10.4. The Bertz CT molecular complexity index is 3050. The highest BCUT2D eigenvalue weighted by molar-refractivity contribution is 6.09. The van der Waals surface area contributed by atoms with Gasteiger partial charge in [0, 0.05) is 22.4 Å². The first-order valence-electron chi connectivity index (χ1n) is 20.0. The largest absolute Gasteiger partial charge is 0.309 e. The molecule has 1 heterocycles. The van der Waals surface area contributed by atoms with Crippen LogP contribution in [0, 0.1) is 0 Å². The van der Waals surface area contributed by atoms with Crippen molar-refractivity contribution >= 4 is 21.8 Å². The minimum Gasteiger partial charge on any atom is -0.309 e. The van der Waals surface area contributed by atoms with E-state index in [0.29, 0.717) is 0 Å². The van der Waals surface area contributed by atoms with Gasteiger partial charge in [-0.2, -0.15) is 0 Å². The zero-order chi connectivity index (χ0) is 37.5. The van der Waals surface area contributed by atoms with Gasteiger partial charge in [-0.15, -0.1) is 0 Å². The second kappa shape index (κ2) is 12.4. The van der Waals surface area contributed by atoms with Crippen LogP contribution in [0.5, 0.6) is 0 Å². The van der Waals surface area contributed by atoms with Crippen LogP contribution in [0.25, 0.3) is 60.9 Å². The standard InChI is InChI=1S/C56H37N/c1-2-14-39(15-3-1)55(40-28-26-37(27-29-40)38-30-33-42(34-31-38)57-53-24-12-7-19-47(53)48-20-8-13-25-54(48)57)41-32-35-46-45-18-6-11-23-51(45)56(52(46)36-41)49-21-9-4-16-43(49)44-17-5-10-22-50(44)56/h1-36,55H. The molecule has 1 nitrogen and oxygen atoms in total. The number of para-hydroxylation sites is 2. The fraction of sp³-hybridized carbons (Fsp3) is 0.0357. The molecule has 1 heteroatoms. The molecule has 0 saturated heterocycles. The van der Waals surface area contributed by atoms with Gasteiger partial charge in [0.15, 0.2) is 0 Å². The highest BCUT2D eigenvalue weighted by Crippen LogP contribution is 2.63. The van der Waals surface area contributed by atoms with Crippen LogP contribution >= 0.6 is 0 Å². The molecule has 0 saturated carbocycles. The van der Waals surface area contributed by atoms with Crippen molar-refractivity contribution in [1.82, 2.24) is 4.57 Å². The molecule has 0 N–H and O–H groups in total. The summed E-state index contributed by atoms with van der Waals surface area (Å²) in [6.07, 6.45) is 0. The van der Waals surface area contributed by atoms with Crippen LogP contribution < -0.4 is 0 Å². The maximum atomic E-state index is 2.53. The molecular weight excluding hydrogens is 687 g/mol. The van der Waals surface area contributed by atoms with Crippen LogP contribution in [0.4, 0.5) is 0 Å². The molecule has 10 aromatic rings. The van der Waals surface area contributed by atoms with Crippen LogP contribution in [0.3, 0.4) is 0 Å². The molecule has 1 unspecified atom stereocenters. The predicted molar refractivity (Wildman–Crippen MR) is 236 cm³/mol. The summed E-state index contributed by atoms with van der Waals surface area (Å²) in [6, 6.07) is 81.2. The van der Waals surface area contributed by atoms with E-state index in [9.17, 15) is 0 Å². The van der Waals surface area contributed by atoms with Crippen LogP contribution in [0.1, 0.15) is 44.9 Å². The Hall–Kier alpha value is -7.22. The summed E-state index contributed by atoms with van der Waals surface area (Å²) in [7, 11) is 0.